The zero-order valence-electron chi connectivity index (χ0n) is 2.97. The molecule has 0 unspecified atom stereocenters. The Hall–Kier alpha value is -0.0900. The first-order valence-electron chi connectivity index (χ1n) is 0.781. The minimum Gasteiger partial charge on any atom is -0.352 e. The fraction of sp³-hybridized carbons (Fsp3) is 0. The minimum absolute atomic E-state index is 0. The molecule has 0 aliphatic carbocycles. The molecule has 6 heavy (non-hydrogen) atoms. The van der Waals surface area contributed by atoms with E-state index in [9.17, 15) is 0 Å². The third-order valence-corrected chi connectivity index (χ3v) is 0. The summed E-state index contributed by atoms with van der Waals surface area (Å²) in [4.78, 5) is 9.00. The SMILES string of the molecule is Cl.NC(N)=O.S. The van der Waals surface area contributed by atoms with Crippen LogP contribution in [0.5, 0.6) is 0 Å². The fourth-order valence-electron chi connectivity index (χ4n) is 0. The fourth-order valence-corrected chi connectivity index (χ4v) is 0. The van der Waals surface area contributed by atoms with E-state index >= 15 is 0 Å². The molecule has 0 aromatic heterocycles. The second-order valence-corrected chi connectivity index (χ2v) is 0.402. The normalized spacial score (nSPS) is 4.00. The molecule has 0 atom stereocenters. The molecular weight excluding hydrogens is 124 g/mol. The van der Waals surface area contributed by atoms with Gasteiger partial charge in [0.05, 0.1) is 0 Å². The van der Waals surface area contributed by atoms with Crippen molar-refractivity contribution in [3.05, 3.63) is 0 Å². The van der Waals surface area contributed by atoms with Crippen LogP contribution in [0.4, 0.5) is 4.79 Å². The Morgan fingerprint density at radius 3 is 1.33 bits per heavy atom. The minimum atomic E-state index is -0.833. The van der Waals surface area contributed by atoms with Gasteiger partial charge < -0.3 is 11.5 Å². The number of rotatable bonds is 0. The topological polar surface area (TPSA) is 69.1 Å². The number of carbonyl (C=O) groups excluding carboxylic acids is 1. The summed E-state index contributed by atoms with van der Waals surface area (Å²) in [5, 5.41) is 0. The van der Waals surface area contributed by atoms with Crippen LogP contribution in [0.1, 0.15) is 0 Å². The molecule has 0 saturated heterocycles. The van der Waals surface area contributed by atoms with Gasteiger partial charge in [-0.2, -0.15) is 13.5 Å². The molecule has 40 valence electrons. The number of hydrogen-bond donors (Lipinski definition) is 2. The molecule has 0 radical (unpaired) electrons. The highest BCUT2D eigenvalue weighted by molar-refractivity contribution is 7.59. The maximum Gasteiger partial charge on any atom is 0.309 e. The molecule has 5 heteroatoms. The van der Waals surface area contributed by atoms with Crippen molar-refractivity contribution in [2.24, 2.45) is 11.5 Å². The van der Waals surface area contributed by atoms with Crippen LogP contribution in [0.15, 0.2) is 0 Å². The van der Waals surface area contributed by atoms with E-state index < -0.39 is 6.03 Å². The number of carbonyl (C=O) groups is 1. The first-order chi connectivity index (χ1) is 1.73. The number of hydrogen-bond acceptors (Lipinski definition) is 1. The molecule has 2 amide bonds. The van der Waals surface area contributed by atoms with E-state index in [0.29, 0.717) is 0 Å². The summed E-state index contributed by atoms with van der Waals surface area (Å²) in [5.41, 5.74) is 8.50. The lowest BCUT2D eigenvalue weighted by atomic mass is 11.2. The van der Waals surface area contributed by atoms with Crippen LogP contribution in [0.3, 0.4) is 0 Å². The molecule has 0 saturated carbocycles. The van der Waals surface area contributed by atoms with Crippen molar-refractivity contribution in [3.63, 3.8) is 0 Å². The summed E-state index contributed by atoms with van der Waals surface area (Å²) in [5.74, 6) is 0. The molecule has 0 rings (SSSR count). The van der Waals surface area contributed by atoms with Gasteiger partial charge in [0.25, 0.3) is 0 Å². The van der Waals surface area contributed by atoms with Gasteiger partial charge in [-0.3, -0.25) is 0 Å². The molecule has 0 aliphatic rings. The van der Waals surface area contributed by atoms with Crippen LogP contribution >= 0.6 is 25.9 Å². The van der Waals surface area contributed by atoms with E-state index in [-0.39, 0.29) is 25.9 Å². The van der Waals surface area contributed by atoms with E-state index in [2.05, 4.69) is 11.5 Å². The van der Waals surface area contributed by atoms with Gasteiger partial charge >= 0.3 is 6.03 Å². The Morgan fingerprint density at radius 2 is 1.33 bits per heavy atom. The van der Waals surface area contributed by atoms with Crippen molar-refractivity contribution in [3.8, 4) is 0 Å². The molecule has 0 bridgehead atoms. The quantitative estimate of drug-likeness (QED) is 0.459. The third kappa shape index (κ3) is 4090. The van der Waals surface area contributed by atoms with Crippen LogP contribution in [-0.2, 0) is 0 Å². The Kier molecular flexibility index (Phi) is 24.9. The second-order valence-electron chi connectivity index (χ2n) is 0.402. The lowest BCUT2D eigenvalue weighted by Crippen LogP contribution is -2.18. The summed E-state index contributed by atoms with van der Waals surface area (Å²) in [6.45, 7) is 0. The summed E-state index contributed by atoms with van der Waals surface area (Å²) in [6.07, 6.45) is 0. The van der Waals surface area contributed by atoms with Crippen molar-refractivity contribution >= 4 is 31.9 Å². The van der Waals surface area contributed by atoms with Gasteiger partial charge in [-0.25, -0.2) is 4.79 Å². The van der Waals surface area contributed by atoms with E-state index in [1.807, 2.05) is 0 Å². The summed E-state index contributed by atoms with van der Waals surface area (Å²) in [6, 6.07) is -0.833. The van der Waals surface area contributed by atoms with Crippen LogP contribution < -0.4 is 11.5 Å². The number of nitrogens with two attached hydrogens (primary N) is 2. The summed E-state index contributed by atoms with van der Waals surface area (Å²) < 4.78 is 0. The molecule has 0 aromatic carbocycles. The molecule has 0 aromatic rings. The lowest BCUT2D eigenvalue weighted by Gasteiger charge is -1.62. The van der Waals surface area contributed by atoms with Crippen LogP contribution in [0.2, 0.25) is 0 Å². The van der Waals surface area contributed by atoms with Crippen molar-refractivity contribution < 1.29 is 4.79 Å². The summed E-state index contributed by atoms with van der Waals surface area (Å²) in [7, 11) is 0. The average Bonchev–Trinajstić information content (AvgIpc) is 0.811. The largest absolute Gasteiger partial charge is 0.352 e. The molecule has 0 fully saturated rings. The predicted octanol–water partition coefficient (Wildman–Crippen LogP) is -0.442. The van der Waals surface area contributed by atoms with Crippen molar-refractivity contribution in [1.82, 2.24) is 0 Å². The van der Waals surface area contributed by atoms with Crippen LogP contribution in [-0.4, -0.2) is 6.03 Å². The maximum atomic E-state index is 9.00. The van der Waals surface area contributed by atoms with E-state index in [1.54, 1.807) is 0 Å². The van der Waals surface area contributed by atoms with E-state index in [1.165, 1.54) is 0 Å². The van der Waals surface area contributed by atoms with Crippen LogP contribution in [0.25, 0.3) is 0 Å². The lowest BCUT2D eigenvalue weighted by molar-refractivity contribution is 0.256. The first-order valence-corrected chi connectivity index (χ1v) is 0.781. The van der Waals surface area contributed by atoms with Gasteiger partial charge in [0.1, 0.15) is 0 Å². The van der Waals surface area contributed by atoms with E-state index in [4.69, 9.17) is 4.79 Å². The third-order valence-electron chi connectivity index (χ3n) is 0. The smallest absolute Gasteiger partial charge is 0.309 e. The Labute approximate surface area is 48.9 Å². The average molecular weight is 131 g/mol. The first kappa shape index (κ1) is 16.8. The highest BCUT2D eigenvalue weighted by Gasteiger charge is 1.60. The molecule has 0 spiro atoms. The van der Waals surface area contributed by atoms with Gasteiger partial charge in [-0.05, 0) is 0 Å². The van der Waals surface area contributed by atoms with Gasteiger partial charge in [0, 0.05) is 0 Å². The zero-order chi connectivity index (χ0) is 3.58. The Morgan fingerprint density at radius 1 is 1.33 bits per heavy atom. The highest BCUT2D eigenvalue weighted by atomic mass is 35.5. The van der Waals surface area contributed by atoms with Crippen molar-refractivity contribution in [2.75, 3.05) is 0 Å². The molecule has 3 nitrogen and oxygen atoms in total. The molecular formula is CH7ClN2OS. The summed E-state index contributed by atoms with van der Waals surface area (Å²) >= 11 is 0. The van der Waals surface area contributed by atoms with Crippen molar-refractivity contribution in [2.45, 2.75) is 0 Å². The van der Waals surface area contributed by atoms with Gasteiger partial charge in [-0.1, -0.05) is 0 Å². The zero-order valence-corrected chi connectivity index (χ0v) is 4.79. The Bertz CT molecular complexity index is 36.5. The molecule has 0 heterocycles. The number of urea groups is 1. The molecule has 0 aliphatic heterocycles. The van der Waals surface area contributed by atoms with Gasteiger partial charge in [0.15, 0.2) is 0 Å². The van der Waals surface area contributed by atoms with Crippen LogP contribution in [0, 0.1) is 0 Å². The number of amides is 2. The van der Waals surface area contributed by atoms with Gasteiger partial charge in [-0.15, -0.1) is 12.4 Å². The highest BCUT2D eigenvalue weighted by Crippen LogP contribution is 1.25. The standard InChI is InChI=1S/CH4N2O.ClH.H2S/c2-1(3)4;;/h(H4,2,3,4);1H;1H2. The monoisotopic (exact) mass is 130 g/mol. The number of halogens is 1. The van der Waals surface area contributed by atoms with Crippen molar-refractivity contribution in [1.29, 1.82) is 0 Å². The number of primary amides is 2. The van der Waals surface area contributed by atoms with E-state index in [0.717, 1.165) is 0 Å². The predicted molar refractivity (Wildman–Crippen MR) is 31.4 cm³/mol. The maximum absolute atomic E-state index is 9.00. The molecule has 4 N–H and O–H groups in total. The second kappa shape index (κ2) is 8.86. The van der Waals surface area contributed by atoms with Gasteiger partial charge in [0.2, 0.25) is 0 Å². The Balaban J connectivity index is -0.0000000450.